The van der Waals surface area contributed by atoms with Crippen LogP contribution in [-0.2, 0) is 38.2 Å². The molecule has 4 N–H and O–H groups in total. The number of ether oxygens (including phenoxy) is 2. The SMILES string of the molecule is CCCC(NC(=O)C1CC2(CN1C(=O)C(NC(=O)OCC(C)C)C(C)(C)C)SCCCS2)C(=O)C(=O)NCC(=O)NC(C(=O)OC(C)(C)C)c1ccccc1. The van der Waals surface area contributed by atoms with E-state index in [0.29, 0.717) is 18.4 Å². The summed E-state index contributed by atoms with van der Waals surface area (Å²) in [7, 11) is 0. The highest BCUT2D eigenvalue weighted by Crippen LogP contribution is 2.50. The number of alkyl carbamates (subject to hydrolysis) is 1. The topological polar surface area (TPSA) is 189 Å². The summed E-state index contributed by atoms with van der Waals surface area (Å²) in [6.07, 6.45) is 1.14. The monoisotopic (exact) mass is 805 g/mol. The molecule has 2 aliphatic heterocycles. The van der Waals surface area contributed by atoms with E-state index < -0.39 is 87.3 Å². The standard InChI is InChI=1S/C39H59N5O9S2/c1-10-15-26(30(46)33(48)40-21-28(45)42-29(25-16-12-11-13-17-25)35(50)53-38(7,8)9)41-32(47)27-20-39(54-18-14-19-55-39)23-44(27)34(49)31(37(4,5)6)43-36(51)52-22-24(2)3/h11-13,16-17,24,26-27,29,31H,10,14-15,18-23H2,1-9H3,(H,40,48)(H,41,47)(H,42,45)(H,43,51). The van der Waals surface area contributed by atoms with Crippen LogP contribution in [0.3, 0.4) is 0 Å². The summed E-state index contributed by atoms with van der Waals surface area (Å²) in [6.45, 7) is 16.0. The molecule has 2 saturated heterocycles. The van der Waals surface area contributed by atoms with Gasteiger partial charge in [-0.05, 0) is 62.0 Å². The second-order valence-corrected chi connectivity index (χ2v) is 19.6. The van der Waals surface area contributed by atoms with Gasteiger partial charge in [0.15, 0.2) is 6.04 Å². The van der Waals surface area contributed by atoms with Crippen LogP contribution in [-0.4, -0.2) is 105 Å². The lowest BCUT2D eigenvalue weighted by Crippen LogP contribution is -2.59. The lowest BCUT2D eigenvalue weighted by atomic mass is 9.85. The number of nitrogens with one attached hydrogen (secondary N) is 4. The second kappa shape index (κ2) is 19.9. The fourth-order valence-corrected chi connectivity index (χ4v) is 9.42. The number of amides is 5. The molecule has 4 unspecified atom stereocenters. The summed E-state index contributed by atoms with van der Waals surface area (Å²) in [4.78, 5) is 95.4. The molecule has 1 spiro atoms. The van der Waals surface area contributed by atoms with Crippen LogP contribution >= 0.6 is 23.5 Å². The molecular weight excluding hydrogens is 747 g/mol. The Morgan fingerprint density at radius 1 is 0.927 bits per heavy atom. The van der Waals surface area contributed by atoms with Crippen LogP contribution in [0.4, 0.5) is 4.79 Å². The van der Waals surface area contributed by atoms with Gasteiger partial charge in [0.05, 0.1) is 23.3 Å². The number of hydrogen-bond acceptors (Lipinski definition) is 11. The zero-order valence-corrected chi connectivity index (χ0v) is 35.2. The highest BCUT2D eigenvalue weighted by atomic mass is 32.2. The summed E-state index contributed by atoms with van der Waals surface area (Å²) in [5, 5.41) is 10.4. The molecule has 5 amide bonds. The Hall–Kier alpha value is -3.79. The van der Waals surface area contributed by atoms with Gasteiger partial charge in [-0.15, -0.1) is 23.5 Å². The van der Waals surface area contributed by atoms with E-state index in [2.05, 4.69) is 21.3 Å². The van der Waals surface area contributed by atoms with Gasteiger partial charge in [-0.2, -0.15) is 0 Å². The van der Waals surface area contributed by atoms with Crippen LogP contribution < -0.4 is 21.3 Å². The number of benzene rings is 1. The Morgan fingerprint density at radius 2 is 1.56 bits per heavy atom. The fourth-order valence-electron chi connectivity index (χ4n) is 6.08. The summed E-state index contributed by atoms with van der Waals surface area (Å²) in [6, 6.07) is 4.10. The molecule has 2 heterocycles. The number of hydrogen-bond donors (Lipinski definition) is 4. The van der Waals surface area contributed by atoms with Gasteiger partial charge in [-0.25, -0.2) is 9.59 Å². The Labute approximate surface area is 333 Å². The van der Waals surface area contributed by atoms with E-state index in [1.807, 2.05) is 34.6 Å². The average molecular weight is 806 g/mol. The summed E-state index contributed by atoms with van der Waals surface area (Å²) < 4.78 is 10.4. The van der Waals surface area contributed by atoms with Crippen molar-refractivity contribution >= 4 is 65.0 Å². The van der Waals surface area contributed by atoms with Crippen LogP contribution in [0.1, 0.15) is 99.6 Å². The number of carbonyl (C=O) groups excluding carboxylic acids is 7. The third kappa shape index (κ3) is 13.7. The highest BCUT2D eigenvalue weighted by Gasteiger charge is 2.53. The van der Waals surface area contributed by atoms with Crippen LogP contribution in [0.25, 0.3) is 0 Å². The Morgan fingerprint density at radius 3 is 2.13 bits per heavy atom. The van der Waals surface area contributed by atoms with Crippen molar-refractivity contribution < 1.29 is 43.0 Å². The molecule has 0 saturated carbocycles. The van der Waals surface area contributed by atoms with E-state index >= 15 is 0 Å². The molecule has 0 aliphatic carbocycles. The van der Waals surface area contributed by atoms with E-state index in [1.165, 1.54) is 4.90 Å². The van der Waals surface area contributed by atoms with Crippen LogP contribution in [0.5, 0.6) is 0 Å². The lowest BCUT2D eigenvalue weighted by molar-refractivity contribution is -0.158. The number of rotatable bonds is 15. The minimum absolute atomic E-state index is 0.0931. The Bertz CT molecular complexity index is 1540. The lowest BCUT2D eigenvalue weighted by Gasteiger charge is -2.36. The normalized spacial score (nSPS) is 18.4. The number of likely N-dealkylation sites (tertiary alicyclic amines) is 1. The molecule has 4 atom stereocenters. The molecule has 0 radical (unpaired) electrons. The molecule has 306 valence electrons. The van der Waals surface area contributed by atoms with Crippen molar-refractivity contribution in [1.29, 1.82) is 0 Å². The largest absolute Gasteiger partial charge is 0.458 e. The number of nitrogens with zero attached hydrogens (tertiary/aromatic N) is 1. The molecule has 55 heavy (non-hydrogen) atoms. The third-order valence-corrected chi connectivity index (χ3v) is 12.1. The van der Waals surface area contributed by atoms with E-state index in [9.17, 15) is 33.6 Å². The molecular formula is C39H59N5O9S2. The summed E-state index contributed by atoms with van der Waals surface area (Å²) in [5.41, 5.74) is -1.09. The first-order valence-corrected chi connectivity index (χ1v) is 20.8. The van der Waals surface area contributed by atoms with Crippen LogP contribution in [0, 0.1) is 11.3 Å². The number of thioether (sulfide) groups is 2. The highest BCUT2D eigenvalue weighted by molar-refractivity contribution is 8.18. The van der Waals surface area contributed by atoms with E-state index in [4.69, 9.17) is 9.47 Å². The molecule has 1 aromatic rings. The third-order valence-electron chi connectivity index (χ3n) is 8.74. The van der Waals surface area contributed by atoms with Crippen molar-refractivity contribution in [2.45, 2.75) is 122 Å². The molecule has 0 aromatic heterocycles. The minimum Gasteiger partial charge on any atom is -0.458 e. The Kier molecular flexibility index (Phi) is 16.5. The maximum atomic E-state index is 14.3. The fraction of sp³-hybridized carbons (Fsp3) is 0.667. The van der Waals surface area contributed by atoms with E-state index in [1.54, 1.807) is 81.6 Å². The van der Waals surface area contributed by atoms with Gasteiger partial charge >= 0.3 is 12.1 Å². The average Bonchev–Trinajstić information content (AvgIpc) is 3.48. The van der Waals surface area contributed by atoms with Gasteiger partial charge in [-0.3, -0.25) is 24.0 Å². The van der Waals surface area contributed by atoms with Crippen molar-refractivity contribution in [2.24, 2.45) is 11.3 Å². The van der Waals surface area contributed by atoms with Gasteiger partial charge in [0, 0.05) is 13.0 Å². The van der Waals surface area contributed by atoms with Crippen LogP contribution in [0.15, 0.2) is 30.3 Å². The van der Waals surface area contributed by atoms with Crippen molar-refractivity contribution in [3.05, 3.63) is 35.9 Å². The summed E-state index contributed by atoms with van der Waals surface area (Å²) in [5.74, 6) is -2.69. The quantitative estimate of drug-likeness (QED) is 0.148. The molecule has 3 rings (SSSR count). The predicted octanol–water partition coefficient (Wildman–Crippen LogP) is 4.12. The van der Waals surface area contributed by atoms with Gasteiger partial charge in [-0.1, -0.05) is 78.3 Å². The predicted molar refractivity (Wildman–Crippen MR) is 213 cm³/mol. The van der Waals surface area contributed by atoms with Gasteiger partial charge < -0.3 is 35.6 Å². The first-order valence-electron chi connectivity index (χ1n) is 18.9. The smallest absolute Gasteiger partial charge is 0.407 e. The summed E-state index contributed by atoms with van der Waals surface area (Å²) >= 11 is 3.39. The van der Waals surface area contributed by atoms with Crippen molar-refractivity contribution in [3.63, 3.8) is 0 Å². The number of carbonyl (C=O) groups is 7. The van der Waals surface area contributed by atoms with Gasteiger partial charge in [0.1, 0.15) is 17.7 Å². The van der Waals surface area contributed by atoms with Crippen molar-refractivity contribution in [1.82, 2.24) is 26.2 Å². The van der Waals surface area contributed by atoms with E-state index in [-0.39, 0.29) is 25.5 Å². The molecule has 2 aliphatic rings. The zero-order chi connectivity index (χ0) is 41.1. The first-order chi connectivity index (χ1) is 25.7. The van der Waals surface area contributed by atoms with Gasteiger partial charge in [0.2, 0.25) is 23.5 Å². The van der Waals surface area contributed by atoms with Crippen molar-refractivity contribution in [2.75, 3.05) is 31.2 Å². The zero-order valence-electron chi connectivity index (χ0n) is 33.6. The second-order valence-electron chi connectivity index (χ2n) is 16.4. The molecule has 0 bridgehead atoms. The van der Waals surface area contributed by atoms with Crippen LogP contribution in [0.2, 0.25) is 0 Å². The van der Waals surface area contributed by atoms with Crippen molar-refractivity contribution in [3.8, 4) is 0 Å². The molecule has 14 nitrogen and oxygen atoms in total. The number of ketones is 1. The van der Waals surface area contributed by atoms with E-state index in [0.717, 1.165) is 17.9 Å². The molecule has 2 fully saturated rings. The minimum atomic E-state index is -1.23. The van der Waals surface area contributed by atoms with Gasteiger partial charge in [0.25, 0.3) is 5.91 Å². The Balaban J connectivity index is 1.75. The molecule has 16 heteroatoms. The maximum absolute atomic E-state index is 14.3. The number of Topliss-reactive ketones (excluding diaryl/α,β-unsaturated/α-hetero) is 1. The number of esters is 1. The first kappa shape index (κ1) is 45.6. The maximum Gasteiger partial charge on any atom is 0.407 e. The molecule has 1 aromatic carbocycles.